The predicted octanol–water partition coefficient (Wildman–Crippen LogP) is 14.7. The van der Waals surface area contributed by atoms with Gasteiger partial charge in [-0.15, -0.1) is 15.9 Å². The summed E-state index contributed by atoms with van der Waals surface area (Å²) in [6.45, 7) is 22.3. The summed E-state index contributed by atoms with van der Waals surface area (Å²) in [6.07, 6.45) is 17.0. The van der Waals surface area contributed by atoms with Crippen LogP contribution >= 0.6 is 11.3 Å². The number of fused-ring (bicyclic) bond motifs is 4. The lowest BCUT2D eigenvalue weighted by atomic mass is 9.80. The van der Waals surface area contributed by atoms with Crippen LogP contribution in [0.4, 0.5) is 39.3 Å². The van der Waals surface area contributed by atoms with E-state index in [4.69, 9.17) is 14.2 Å². The van der Waals surface area contributed by atoms with Gasteiger partial charge in [0.05, 0.1) is 27.4 Å². The maximum atomic E-state index is 14.9. The summed E-state index contributed by atoms with van der Waals surface area (Å²) in [5.41, 5.74) is 13.0. The summed E-state index contributed by atoms with van der Waals surface area (Å²) in [4.78, 5) is 91.2. The molecule has 30 heteroatoms. The number of allylic oxidation sites excluding steroid dienone is 6. The normalized spacial score (nSPS) is 16.4. The molecular formula is C96H116N16O11S3. The van der Waals surface area contributed by atoms with Crippen LogP contribution in [0, 0.1) is 0 Å². The number of carbonyl (C=O) groups is 5. The van der Waals surface area contributed by atoms with E-state index in [9.17, 15) is 45.7 Å². The highest BCUT2D eigenvalue weighted by atomic mass is 32.2. The van der Waals surface area contributed by atoms with Gasteiger partial charge in [0, 0.05) is 179 Å². The second-order valence-electron chi connectivity index (χ2n) is 33.8. The molecule has 2 aromatic heterocycles. The minimum atomic E-state index is -4.75. The molecule has 0 spiro atoms. The van der Waals surface area contributed by atoms with Crippen molar-refractivity contribution < 1.29 is 59.0 Å². The summed E-state index contributed by atoms with van der Waals surface area (Å²) < 4.78 is 69.1. The van der Waals surface area contributed by atoms with Crippen LogP contribution in [0.5, 0.6) is 5.75 Å². The molecule has 7 aromatic carbocycles. The number of aromatic nitrogens is 3. The summed E-state index contributed by atoms with van der Waals surface area (Å²) in [6, 6.07) is 46.4. The summed E-state index contributed by atoms with van der Waals surface area (Å²) in [5.74, 6) is -1.38. The molecule has 5 N–H and O–H groups in total. The van der Waals surface area contributed by atoms with Crippen LogP contribution in [0.3, 0.4) is 0 Å². The molecule has 0 radical (unpaired) electrons. The minimum absolute atomic E-state index is 0.0708. The molecule has 126 heavy (non-hydrogen) atoms. The van der Waals surface area contributed by atoms with E-state index in [0.717, 1.165) is 130 Å². The molecule has 2 atom stereocenters. The summed E-state index contributed by atoms with van der Waals surface area (Å²) in [7, 11) is -0.649. The molecule has 13 rings (SSSR count). The smallest absolute Gasteiger partial charge is 0.252 e. The van der Waals surface area contributed by atoms with E-state index < -0.39 is 61.6 Å². The van der Waals surface area contributed by atoms with E-state index >= 15 is 0 Å². The fourth-order valence-electron chi connectivity index (χ4n) is 17.4. The number of anilines is 4. The number of nitrogens with zero attached hydrogens (tertiary/aromatic N) is 11. The Hall–Kier alpha value is -11.4. The molecule has 2 fully saturated rings. The monoisotopic (exact) mass is 1760 g/mol. The molecule has 1 saturated heterocycles. The van der Waals surface area contributed by atoms with Crippen molar-refractivity contribution in [1.29, 1.82) is 0 Å². The van der Waals surface area contributed by atoms with E-state index in [1.165, 1.54) is 12.1 Å². The van der Waals surface area contributed by atoms with Crippen molar-refractivity contribution in [3.8, 4) is 22.7 Å². The number of hydrogen-bond acceptors (Lipinski definition) is 21. The van der Waals surface area contributed by atoms with Gasteiger partial charge in [-0.05, 0) is 196 Å². The molecule has 1 unspecified atom stereocenters. The van der Waals surface area contributed by atoms with Crippen LogP contribution in [-0.4, -0.2) is 181 Å². The Morgan fingerprint density at radius 3 is 2.09 bits per heavy atom. The Labute approximate surface area is 745 Å². The van der Waals surface area contributed by atoms with Crippen molar-refractivity contribution in [1.82, 2.24) is 41.5 Å². The lowest BCUT2D eigenvalue weighted by Gasteiger charge is -2.37. The van der Waals surface area contributed by atoms with E-state index in [1.54, 1.807) is 41.7 Å². The number of para-hydroxylation sites is 1. The van der Waals surface area contributed by atoms with Gasteiger partial charge in [0.2, 0.25) is 46.0 Å². The zero-order chi connectivity index (χ0) is 89.3. The molecule has 0 bridgehead atoms. The molecule has 5 heterocycles. The van der Waals surface area contributed by atoms with Crippen LogP contribution in [0.2, 0.25) is 0 Å². The highest BCUT2D eigenvalue weighted by Gasteiger charge is 2.46. The highest BCUT2D eigenvalue weighted by molar-refractivity contribution is 7.85. The SMILES string of the molecule is CCN(CC)c1ccc2nc3ccc(N=Nc4ccc(N(C)CCCC(=O)NCCCC[C@H](NC(=O)C5(NC(=O)c6ccc(-c7csc(N8CCN(C)CC8)n7)cc6)CCCCC5)C(=O)NCCNC(=O)CCCCCN5\C(=C/C=C/C=C/C6=[N+](CC)c7ccc(OS(=O)[O-])cc7C6(C)C)C(C)(C)c6cc(S(=O)(=O)[O-])ccc65)cc4)cc3[n+](-c3ccccc3)c2c1. The predicted molar refractivity (Wildman–Crippen MR) is 497 cm³/mol. The summed E-state index contributed by atoms with van der Waals surface area (Å²) >= 11 is -1.12. The van der Waals surface area contributed by atoms with Crippen molar-refractivity contribution in [2.45, 2.75) is 166 Å². The number of rotatable bonds is 39. The number of thiazole rings is 1. The topological polar surface area (TPSA) is 326 Å². The number of nitrogens with one attached hydrogen (secondary N) is 5. The van der Waals surface area contributed by atoms with Crippen molar-refractivity contribution in [3.05, 3.63) is 210 Å². The van der Waals surface area contributed by atoms with Gasteiger partial charge in [0.25, 0.3) is 5.91 Å². The fourth-order valence-corrected chi connectivity index (χ4v) is 19.1. The van der Waals surface area contributed by atoms with E-state index in [2.05, 4.69) is 136 Å². The standard InChI is InChI=1S/C96H116N16O11S3/c1-10-108(11-2)73-44-48-79-85(63-73)112(72-28-17-13-18-29-72)84-62-70(41-47-78(84)100-79)105-104-69-39-42-71(43-40-69)107(9)56-27-34-89(114)97-53-25-22-30-80(101-92(117)96(51-23-16-24-52-96)103-90(115)68-37-35-67(36-38-68)81-66-124-93(102-81)109-60-58-106(8)59-61-109)91(116)99-55-54-98-88(113)33-21-15-26-57-111-83-50-46-75(126(120,121)122)65-77(83)95(6,7)87(111)32-20-14-19-31-86-94(4,5)76-64-74(123-125(118)119)45-49-82(76)110(86)12-3/h13-14,17-20,28-29,31-32,35-50,62-66,80H,10-12,15-16,21-27,30,33-34,51-61H2,1-9H3,(H5-2,97,98,99,101,103,113,114,115,116,117,118,119,120,121,122)/t80-/m0/s1. The quantitative estimate of drug-likeness (QED) is 0.00454. The Bertz CT molecular complexity index is 5720. The minimum Gasteiger partial charge on any atom is -0.744 e. The first-order valence-corrected chi connectivity index (χ1v) is 47.2. The molecule has 9 aromatic rings. The van der Waals surface area contributed by atoms with Crippen molar-refractivity contribution in [2.75, 3.05) is 112 Å². The highest BCUT2D eigenvalue weighted by Crippen LogP contribution is 2.49. The van der Waals surface area contributed by atoms with Gasteiger partial charge in [-0.1, -0.05) is 88.1 Å². The van der Waals surface area contributed by atoms with Crippen molar-refractivity contribution in [3.63, 3.8) is 0 Å². The number of piperazine rings is 1. The van der Waals surface area contributed by atoms with Gasteiger partial charge in [-0.3, -0.25) is 24.0 Å². The number of amides is 5. The van der Waals surface area contributed by atoms with Crippen LogP contribution in [0.15, 0.2) is 208 Å². The zero-order valence-electron chi connectivity index (χ0n) is 73.5. The molecule has 1 aliphatic carbocycles. The molecular weight excluding hydrogens is 1650 g/mol. The number of azo groups is 1. The Morgan fingerprint density at radius 1 is 0.690 bits per heavy atom. The van der Waals surface area contributed by atoms with Crippen molar-refractivity contribution in [2.24, 2.45) is 10.2 Å². The third-order valence-corrected chi connectivity index (χ3v) is 26.6. The van der Waals surface area contributed by atoms with Gasteiger partial charge in [-0.25, -0.2) is 22.6 Å². The molecule has 4 aliphatic rings. The van der Waals surface area contributed by atoms with Gasteiger partial charge in [0.1, 0.15) is 56.4 Å². The first-order chi connectivity index (χ1) is 60.6. The largest absolute Gasteiger partial charge is 0.744 e. The van der Waals surface area contributed by atoms with Gasteiger partial charge in [0.15, 0.2) is 10.8 Å². The van der Waals surface area contributed by atoms with Crippen LogP contribution in [-0.2, 0) is 51.5 Å². The average Bonchev–Trinajstić information content (AvgIpc) is 1.05. The van der Waals surface area contributed by atoms with Crippen molar-refractivity contribution >= 4 is 129 Å². The number of unbranched alkanes of at least 4 members (excludes halogenated alkanes) is 3. The lowest BCUT2D eigenvalue weighted by molar-refractivity contribution is -0.538. The zero-order valence-corrected chi connectivity index (χ0v) is 75.9. The van der Waals surface area contributed by atoms with Crippen LogP contribution < -0.4 is 54.9 Å². The first-order valence-electron chi connectivity index (χ1n) is 43.9. The maximum Gasteiger partial charge on any atom is 0.252 e. The average molecular weight is 1770 g/mol. The van der Waals surface area contributed by atoms with Crippen LogP contribution in [0.25, 0.3) is 39.0 Å². The number of benzene rings is 7. The van der Waals surface area contributed by atoms with Gasteiger partial charge < -0.3 is 64.4 Å². The Balaban J connectivity index is 0.600. The second kappa shape index (κ2) is 41.8. The van der Waals surface area contributed by atoms with Gasteiger partial charge in [-0.2, -0.15) is 14.8 Å². The third kappa shape index (κ3) is 22.3. The van der Waals surface area contributed by atoms with E-state index in [-0.39, 0.29) is 48.4 Å². The Kier molecular flexibility index (Phi) is 30.6. The molecule has 27 nitrogen and oxygen atoms in total. The van der Waals surface area contributed by atoms with E-state index in [1.807, 2.05) is 142 Å². The lowest BCUT2D eigenvalue weighted by Crippen LogP contribution is -2.62. The molecule has 1 saturated carbocycles. The maximum absolute atomic E-state index is 14.9. The first kappa shape index (κ1) is 92.3. The number of hydrogen-bond donors (Lipinski definition) is 5. The third-order valence-electron chi connectivity index (χ3n) is 24.6. The number of carbonyl (C=O) groups excluding carboxylic acids is 5. The fraction of sp³-hybridized carbons (Fsp3) is 0.406. The molecule has 3 aliphatic heterocycles. The van der Waals surface area contributed by atoms with Gasteiger partial charge >= 0.3 is 0 Å². The second-order valence-corrected chi connectivity index (χ2v) is 36.6. The van der Waals surface area contributed by atoms with Crippen LogP contribution in [0.1, 0.15) is 160 Å². The Morgan fingerprint density at radius 2 is 1.37 bits per heavy atom. The molecule has 664 valence electrons. The number of likely N-dealkylation sites (N-methyl/N-ethyl adjacent to an activating group) is 1. The van der Waals surface area contributed by atoms with E-state index in [0.29, 0.717) is 119 Å². The molecule has 5 amide bonds. The summed E-state index contributed by atoms with van der Waals surface area (Å²) in [5, 5.41) is 27.4.